The van der Waals surface area contributed by atoms with Gasteiger partial charge in [0.25, 0.3) is 0 Å². The lowest BCUT2D eigenvalue weighted by Gasteiger charge is -2.25. The maximum Gasteiger partial charge on any atom is 0.209 e. The molecule has 0 heterocycles. The lowest BCUT2D eigenvalue weighted by Crippen LogP contribution is -2.27. The van der Waals surface area contributed by atoms with Crippen molar-refractivity contribution in [1.29, 1.82) is 0 Å². The zero-order chi connectivity index (χ0) is 21.8. The molecular weight excluding hydrogens is 404 g/mol. The molecule has 4 rings (SSSR count). The van der Waals surface area contributed by atoms with E-state index in [1.807, 2.05) is 0 Å². The van der Waals surface area contributed by atoms with Crippen molar-refractivity contribution in [2.75, 3.05) is 18.6 Å². The number of sulfone groups is 1. The summed E-state index contributed by atoms with van der Waals surface area (Å²) in [5, 5.41) is 0. The number of ketones is 2. The molecule has 0 aliphatic heterocycles. The third kappa shape index (κ3) is 2.54. The molecule has 0 fully saturated rings. The van der Waals surface area contributed by atoms with Crippen molar-refractivity contribution in [3.63, 3.8) is 0 Å². The fourth-order valence-electron chi connectivity index (χ4n) is 3.81. The Labute approximate surface area is 173 Å². The second-order valence-electron chi connectivity index (χ2n) is 6.91. The predicted molar refractivity (Wildman–Crippen MR) is 112 cm³/mol. The summed E-state index contributed by atoms with van der Waals surface area (Å²) in [6.45, 7) is 1.63. The van der Waals surface area contributed by atoms with Crippen LogP contribution in [0.3, 0.4) is 0 Å². The summed E-state index contributed by atoms with van der Waals surface area (Å²) < 4.78 is 32.5. The van der Waals surface area contributed by atoms with Crippen molar-refractivity contribution >= 4 is 32.8 Å². The Morgan fingerprint density at radius 3 is 1.90 bits per heavy atom. The summed E-state index contributed by atoms with van der Waals surface area (Å²) in [7, 11) is -3.02. The molecule has 0 spiro atoms. The average molecular weight is 422 g/mol. The van der Waals surface area contributed by atoms with Crippen LogP contribution >= 0.6 is 0 Å². The first-order valence-corrected chi connectivity index (χ1v) is 10.5. The number of nitrogen functional groups attached to an aromatic ring is 2. The van der Waals surface area contributed by atoms with Crippen LogP contribution in [-0.4, -0.2) is 27.1 Å². The highest BCUT2D eigenvalue weighted by atomic mass is 32.2. The molecule has 0 unspecified atom stereocenters. The van der Waals surface area contributed by atoms with Gasteiger partial charge in [-0.2, -0.15) is 0 Å². The van der Waals surface area contributed by atoms with Gasteiger partial charge < -0.3 is 16.2 Å². The number of rotatable bonds is 3. The number of hydrogen-bond acceptors (Lipinski definition) is 7. The minimum Gasteiger partial charge on any atom is -0.492 e. The molecule has 30 heavy (non-hydrogen) atoms. The molecule has 4 N–H and O–H groups in total. The molecule has 3 aromatic rings. The van der Waals surface area contributed by atoms with Crippen LogP contribution in [0.15, 0.2) is 58.3 Å². The number of methoxy groups -OCH3 is 1. The van der Waals surface area contributed by atoms with E-state index in [9.17, 15) is 18.0 Å². The Morgan fingerprint density at radius 1 is 0.800 bits per heavy atom. The van der Waals surface area contributed by atoms with Gasteiger partial charge in [0.1, 0.15) is 4.90 Å². The number of carbonyl (C=O) groups excluding carboxylic acids is 2. The van der Waals surface area contributed by atoms with Crippen LogP contribution in [0.5, 0.6) is 5.75 Å². The maximum atomic E-state index is 13.7. The molecule has 0 aromatic heterocycles. The molecule has 0 bridgehead atoms. The zero-order valence-corrected chi connectivity index (χ0v) is 17.0. The van der Waals surface area contributed by atoms with Gasteiger partial charge in [-0.3, -0.25) is 9.59 Å². The SMILES string of the molecule is COc1c(N)c2c(c(S(=O)(=O)c3ccccc3C)c1N)C(=O)c1ccccc1C2=O. The third-order valence-corrected chi connectivity index (χ3v) is 7.21. The van der Waals surface area contributed by atoms with Crippen molar-refractivity contribution in [2.45, 2.75) is 16.7 Å². The van der Waals surface area contributed by atoms with E-state index < -0.39 is 26.3 Å². The van der Waals surface area contributed by atoms with Gasteiger partial charge in [0.15, 0.2) is 17.3 Å². The molecule has 0 atom stereocenters. The van der Waals surface area contributed by atoms with Gasteiger partial charge in [0, 0.05) is 11.1 Å². The van der Waals surface area contributed by atoms with Crippen LogP contribution < -0.4 is 16.2 Å². The van der Waals surface area contributed by atoms with Crippen molar-refractivity contribution in [3.8, 4) is 5.75 Å². The van der Waals surface area contributed by atoms with Crippen molar-refractivity contribution in [3.05, 3.63) is 76.3 Å². The molecule has 1 aliphatic carbocycles. The molecule has 1 aliphatic rings. The summed E-state index contributed by atoms with van der Waals surface area (Å²) >= 11 is 0. The first-order chi connectivity index (χ1) is 14.2. The van der Waals surface area contributed by atoms with Gasteiger partial charge in [-0.15, -0.1) is 0 Å². The number of anilines is 2. The highest BCUT2D eigenvalue weighted by Crippen LogP contribution is 2.46. The Morgan fingerprint density at radius 2 is 1.33 bits per heavy atom. The Balaban J connectivity index is 2.18. The number of benzene rings is 3. The second kappa shape index (κ2) is 6.70. The van der Waals surface area contributed by atoms with Crippen LogP contribution in [0.25, 0.3) is 0 Å². The Hall–Kier alpha value is -3.65. The van der Waals surface area contributed by atoms with E-state index in [-0.39, 0.29) is 44.3 Å². The van der Waals surface area contributed by atoms with Crippen LogP contribution in [0, 0.1) is 6.92 Å². The van der Waals surface area contributed by atoms with E-state index >= 15 is 0 Å². The van der Waals surface area contributed by atoms with Crippen LogP contribution in [0.1, 0.15) is 37.4 Å². The normalized spacial score (nSPS) is 13.0. The monoisotopic (exact) mass is 422 g/mol. The minimum absolute atomic E-state index is 0.0233. The zero-order valence-electron chi connectivity index (χ0n) is 16.2. The lowest BCUT2D eigenvalue weighted by molar-refractivity contribution is 0.0977. The van der Waals surface area contributed by atoms with Crippen LogP contribution in [-0.2, 0) is 9.84 Å². The van der Waals surface area contributed by atoms with Gasteiger partial charge in [0.05, 0.1) is 34.5 Å². The van der Waals surface area contributed by atoms with E-state index in [0.29, 0.717) is 5.56 Å². The lowest BCUT2D eigenvalue weighted by atomic mass is 9.82. The number of fused-ring (bicyclic) bond motifs is 2. The van der Waals surface area contributed by atoms with E-state index in [1.54, 1.807) is 37.3 Å². The van der Waals surface area contributed by atoms with E-state index in [4.69, 9.17) is 16.2 Å². The highest BCUT2D eigenvalue weighted by molar-refractivity contribution is 7.91. The van der Waals surface area contributed by atoms with Gasteiger partial charge >= 0.3 is 0 Å². The van der Waals surface area contributed by atoms with Crippen LogP contribution in [0.2, 0.25) is 0 Å². The molecule has 0 saturated carbocycles. The third-order valence-electron chi connectivity index (χ3n) is 5.21. The van der Waals surface area contributed by atoms with Crippen molar-refractivity contribution in [2.24, 2.45) is 0 Å². The molecule has 7 nitrogen and oxygen atoms in total. The number of hydrogen-bond donors (Lipinski definition) is 2. The van der Waals surface area contributed by atoms with Gasteiger partial charge in [0.2, 0.25) is 9.84 Å². The van der Waals surface area contributed by atoms with E-state index in [0.717, 1.165) is 0 Å². The van der Waals surface area contributed by atoms with E-state index in [1.165, 1.54) is 25.3 Å². The second-order valence-corrected chi connectivity index (χ2v) is 8.77. The van der Waals surface area contributed by atoms with Crippen LogP contribution in [0.4, 0.5) is 11.4 Å². The summed E-state index contributed by atoms with van der Waals surface area (Å²) in [6, 6.07) is 12.5. The molecule has 3 aromatic carbocycles. The molecule has 152 valence electrons. The van der Waals surface area contributed by atoms with Crippen molar-refractivity contribution in [1.82, 2.24) is 0 Å². The smallest absolute Gasteiger partial charge is 0.209 e. The number of ether oxygens (including phenoxy) is 1. The first kappa shape index (κ1) is 19.7. The first-order valence-electron chi connectivity index (χ1n) is 8.99. The number of aryl methyl sites for hydroxylation is 1. The summed E-state index contributed by atoms with van der Waals surface area (Å²) in [5.41, 5.74) is 12.0. The predicted octanol–water partition coefficient (Wildman–Crippen LogP) is 2.78. The summed E-state index contributed by atoms with van der Waals surface area (Å²) in [5.74, 6) is -1.34. The highest BCUT2D eigenvalue weighted by Gasteiger charge is 2.41. The largest absolute Gasteiger partial charge is 0.492 e. The Bertz CT molecular complexity index is 1360. The molecule has 0 amide bonds. The fourth-order valence-corrected chi connectivity index (χ4v) is 5.63. The molecule has 8 heteroatoms. The molecule has 0 saturated heterocycles. The molecule has 0 radical (unpaired) electrons. The quantitative estimate of drug-likeness (QED) is 0.486. The fraction of sp³-hybridized carbons (Fsp3) is 0.0909. The average Bonchev–Trinajstić information content (AvgIpc) is 2.72. The maximum absolute atomic E-state index is 13.7. The minimum atomic E-state index is -4.28. The van der Waals surface area contributed by atoms with Crippen molar-refractivity contribution < 1.29 is 22.7 Å². The summed E-state index contributed by atoms with van der Waals surface area (Å²) in [4.78, 5) is 26.1. The number of carbonyl (C=O) groups is 2. The van der Waals surface area contributed by atoms with Gasteiger partial charge in [-0.1, -0.05) is 42.5 Å². The standard InChI is InChI=1S/C22H18N2O5S/c1-11-7-3-6-10-14(11)30(27,28)22-16-15(17(23)21(29-2)18(22)24)19(25)12-8-4-5-9-13(12)20(16)26/h3-10H,23-24H2,1-2H3. The topological polar surface area (TPSA) is 130 Å². The van der Waals surface area contributed by atoms with Gasteiger partial charge in [-0.25, -0.2) is 8.42 Å². The Kier molecular flexibility index (Phi) is 4.39. The number of nitrogens with two attached hydrogens (primary N) is 2. The van der Waals surface area contributed by atoms with E-state index in [2.05, 4.69) is 0 Å². The summed E-state index contributed by atoms with van der Waals surface area (Å²) in [6.07, 6.45) is 0. The molecular formula is C22H18N2O5S. The van der Waals surface area contributed by atoms with Gasteiger partial charge in [-0.05, 0) is 18.6 Å².